The van der Waals surface area contributed by atoms with Gasteiger partial charge in [0.15, 0.2) is 5.82 Å². The van der Waals surface area contributed by atoms with Crippen LogP contribution in [0.15, 0.2) is 12.3 Å². The second-order valence-corrected chi connectivity index (χ2v) is 6.17. The van der Waals surface area contributed by atoms with Gasteiger partial charge in [0, 0.05) is 18.7 Å². The van der Waals surface area contributed by atoms with Gasteiger partial charge in [-0.15, -0.1) is 0 Å². The quantitative estimate of drug-likeness (QED) is 0.662. The Morgan fingerprint density at radius 3 is 2.43 bits per heavy atom. The summed E-state index contributed by atoms with van der Waals surface area (Å²) in [6.07, 6.45) is 1.81. The Kier molecular flexibility index (Phi) is 6.74. The number of nitrogens with zero attached hydrogens (tertiary/aromatic N) is 2. The number of rotatable bonds is 8. The normalized spacial score (nSPS) is 12.3. The Morgan fingerprint density at radius 2 is 1.91 bits per heavy atom. The van der Waals surface area contributed by atoms with Gasteiger partial charge in [-0.3, -0.25) is 19.1 Å². The van der Waals surface area contributed by atoms with E-state index in [0.29, 0.717) is 6.42 Å². The summed E-state index contributed by atoms with van der Waals surface area (Å²) in [6, 6.07) is 0.833. The van der Waals surface area contributed by atoms with Gasteiger partial charge in [0.1, 0.15) is 12.6 Å². The number of carbonyl (C=O) groups excluding carboxylic acids is 2. The van der Waals surface area contributed by atoms with Crippen molar-refractivity contribution >= 4 is 23.6 Å². The molecule has 0 aliphatic heterocycles. The van der Waals surface area contributed by atoms with E-state index in [1.54, 1.807) is 0 Å². The summed E-state index contributed by atoms with van der Waals surface area (Å²) in [4.78, 5) is 34.8. The molecular formula is C15H24N4O4. The Balaban J connectivity index is 2.69. The van der Waals surface area contributed by atoms with Gasteiger partial charge in [0.05, 0.1) is 0 Å². The molecule has 0 aliphatic rings. The Labute approximate surface area is 135 Å². The number of nitrogens with one attached hydrogen (secondary N) is 2. The van der Waals surface area contributed by atoms with Gasteiger partial charge < -0.3 is 15.7 Å². The third-order valence-corrected chi connectivity index (χ3v) is 3.05. The molecule has 3 N–H and O–H groups in total. The van der Waals surface area contributed by atoms with Gasteiger partial charge >= 0.3 is 5.97 Å². The lowest BCUT2D eigenvalue weighted by Gasteiger charge is -2.21. The van der Waals surface area contributed by atoms with E-state index in [1.807, 2.05) is 27.7 Å². The molecule has 23 heavy (non-hydrogen) atoms. The summed E-state index contributed by atoms with van der Waals surface area (Å²) in [5, 5.41) is 18.0. The van der Waals surface area contributed by atoms with E-state index in [1.165, 1.54) is 16.9 Å². The minimum atomic E-state index is -1.02. The van der Waals surface area contributed by atoms with Gasteiger partial charge in [-0.25, -0.2) is 0 Å². The van der Waals surface area contributed by atoms with Crippen LogP contribution < -0.4 is 10.6 Å². The van der Waals surface area contributed by atoms with E-state index in [2.05, 4.69) is 15.7 Å². The molecule has 0 bridgehead atoms. The smallest absolute Gasteiger partial charge is 0.325 e. The van der Waals surface area contributed by atoms with Crippen LogP contribution in [-0.2, 0) is 20.9 Å². The lowest BCUT2D eigenvalue weighted by atomic mass is 10.0. The summed E-state index contributed by atoms with van der Waals surface area (Å²) >= 11 is 0. The summed E-state index contributed by atoms with van der Waals surface area (Å²) in [5.74, 6) is -1.21. The zero-order valence-corrected chi connectivity index (χ0v) is 13.9. The predicted molar refractivity (Wildman–Crippen MR) is 84.7 cm³/mol. The fourth-order valence-electron chi connectivity index (χ4n) is 2.00. The van der Waals surface area contributed by atoms with Gasteiger partial charge in [0.2, 0.25) is 11.8 Å². The van der Waals surface area contributed by atoms with Gasteiger partial charge in [-0.2, -0.15) is 5.10 Å². The number of carboxylic acids is 1. The highest BCUT2D eigenvalue weighted by atomic mass is 16.4. The van der Waals surface area contributed by atoms with Gasteiger partial charge in [-0.1, -0.05) is 27.7 Å². The van der Waals surface area contributed by atoms with Crippen molar-refractivity contribution in [2.24, 2.45) is 11.8 Å². The number of carbonyl (C=O) groups is 3. The van der Waals surface area contributed by atoms with E-state index in [-0.39, 0.29) is 36.0 Å². The second-order valence-electron chi connectivity index (χ2n) is 6.17. The van der Waals surface area contributed by atoms with E-state index in [0.717, 1.165) is 0 Å². The van der Waals surface area contributed by atoms with Crippen molar-refractivity contribution in [2.45, 2.75) is 46.7 Å². The van der Waals surface area contributed by atoms with Crippen molar-refractivity contribution in [1.82, 2.24) is 15.1 Å². The van der Waals surface area contributed by atoms with Crippen molar-refractivity contribution in [1.29, 1.82) is 0 Å². The molecule has 1 atom stereocenters. The monoisotopic (exact) mass is 324 g/mol. The summed E-state index contributed by atoms with van der Waals surface area (Å²) in [5.41, 5.74) is 0. The van der Waals surface area contributed by atoms with Crippen molar-refractivity contribution < 1.29 is 19.5 Å². The molecule has 8 heteroatoms. The number of aromatic nitrogens is 2. The maximum atomic E-state index is 12.3. The lowest BCUT2D eigenvalue weighted by Crippen LogP contribution is -2.47. The molecule has 0 radical (unpaired) electrons. The Morgan fingerprint density at radius 1 is 1.26 bits per heavy atom. The average molecular weight is 324 g/mol. The van der Waals surface area contributed by atoms with Crippen molar-refractivity contribution in [3.63, 3.8) is 0 Å². The van der Waals surface area contributed by atoms with Crippen LogP contribution in [-0.4, -0.2) is 38.7 Å². The van der Waals surface area contributed by atoms with Gasteiger partial charge in [-0.05, 0) is 11.8 Å². The first kappa shape index (κ1) is 18.7. The number of hydrogen-bond donors (Lipinski definition) is 3. The van der Waals surface area contributed by atoms with Crippen LogP contribution in [0, 0.1) is 11.8 Å². The standard InChI is InChI=1S/C15H24N4O4/c1-9(2)7-12(20)17-14(10(3)4)15(23)16-11-5-6-19(18-11)8-13(21)22/h5-6,9-10,14H,7-8H2,1-4H3,(H,17,20)(H,21,22)(H,16,18,23). The van der Waals surface area contributed by atoms with E-state index >= 15 is 0 Å². The molecule has 0 spiro atoms. The largest absolute Gasteiger partial charge is 0.480 e. The molecule has 2 amide bonds. The van der Waals surface area contributed by atoms with Crippen molar-refractivity contribution in [3.05, 3.63) is 12.3 Å². The minimum absolute atomic E-state index is 0.0905. The summed E-state index contributed by atoms with van der Waals surface area (Å²) in [6.45, 7) is 7.25. The fourth-order valence-corrected chi connectivity index (χ4v) is 2.00. The zero-order chi connectivity index (χ0) is 17.6. The molecule has 0 saturated heterocycles. The predicted octanol–water partition coefficient (Wildman–Crippen LogP) is 1.09. The third-order valence-electron chi connectivity index (χ3n) is 3.05. The van der Waals surface area contributed by atoms with Crippen LogP contribution in [0.3, 0.4) is 0 Å². The fraction of sp³-hybridized carbons (Fsp3) is 0.600. The zero-order valence-electron chi connectivity index (χ0n) is 13.9. The van der Waals surface area contributed by atoms with E-state index in [9.17, 15) is 14.4 Å². The molecule has 1 unspecified atom stereocenters. The molecule has 0 fully saturated rings. The molecule has 1 aromatic rings. The highest BCUT2D eigenvalue weighted by Gasteiger charge is 2.25. The van der Waals surface area contributed by atoms with Crippen LogP contribution in [0.4, 0.5) is 5.82 Å². The molecule has 128 valence electrons. The van der Waals surface area contributed by atoms with Gasteiger partial charge in [0.25, 0.3) is 0 Å². The molecule has 0 aromatic carbocycles. The maximum absolute atomic E-state index is 12.3. The average Bonchev–Trinajstić information content (AvgIpc) is 2.80. The molecule has 1 rings (SSSR count). The highest BCUT2D eigenvalue weighted by Crippen LogP contribution is 2.09. The number of aliphatic carboxylic acids is 1. The summed E-state index contributed by atoms with van der Waals surface area (Å²) in [7, 11) is 0. The van der Waals surface area contributed by atoms with Crippen LogP contribution in [0.2, 0.25) is 0 Å². The molecule has 0 aliphatic carbocycles. The maximum Gasteiger partial charge on any atom is 0.325 e. The second kappa shape index (κ2) is 8.30. The van der Waals surface area contributed by atoms with Crippen LogP contribution in [0.5, 0.6) is 0 Å². The Bertz CT molecular complexity index is 566. The molecule has 1 aromatic heterocycles. The van der Waals surface area contributed by atoms with E-state index < -0.39 is 12.0 Å². The Hall–Kier alpha value is -2.38. The first-order valence-corrected chi connectivity index (χ1v) is 7.54. The van der Waals surface area contributed by atoms with E-state index in [4.69, 9.17) is 5.11 Å². The summed E-state index contributed by atoms with van der Waals surface area (Å²) < 4.78 is 1.21. The number of carboxylic acid groups (broad SMARTS) is 1. The van der Waals surface area contributed by atoms with Crippen molar-refractivity contribution in [3.8, 4) is 0 Å². The first-order chi connectivity index (χ1) is 10.7. The topological polar surface area (TPSA) is 113 Å². The van der Waals surface area contributed by atoms with Crippen molar-refractivity contribution in [2.75, 3.05) is 5.32 Å². The minimum Gasteiger partial charge on any atom is -0.480 e. The first-order valence-electron chi connectivity index (χ1n) is 7.54. The van der Waals surface area contributed by atoms with Crippen LogP contribution in [0.25, 0.3) is 0 Å². The number of amides is 2. The highest BCUT2D eigenvalue weighted by molar-refractivity contribution is 5.96. The van der Waals surface area contributed by atoms with Crippen LogP contribution in [0.1, 0.15) is 34.1 Å². The number of anilines is 1. The molecule has 1 heterocycles. The molecular weight excluding hydrogens is 300 g/mol. The lowest BCUT2D eigenvalue weighted by molar-refractivity contribution is -0.137. The third kappa shape index (κ3) is 6.50. The SMILES string of the molecule is CC(C)CC(=O)NC(C(=O)Nc1ccn(CC(=O)O)n1)C(C)C. The molecule has 8 nitrogen and oxygen atoms in total. The van der Waals surface area contributed by atoms with Crippen LogP contribution >= 0.6 is 0 Å². The number of hydrogen-bond acceptors (Lipinski definition) is 4. The molecule has 0 saturated carbocycles.